The molecule has 1 saturated carbocycles. The normalized spacial score (nSPS) is 23.9. The molecule has 2 fully saturated rings. The van der Waals surface area contributed by atoms with Crippen LogP contribution in [-0.4, -0.2) is 29.3 Å². The van der Waals surface area contributed by atoms with E-state index in [1.807, 2.05) is 0 Å². The number of nitrogens with one attached hydrogen (secondary N) is 1. The highest BCUT2D eigenvalue weighted by Crippen LogP contribution is 2.38. The summed E-state index contributed by atoms with van der Waals surface area (Å²) in [5.74, 6) is 1.71. The van der Waals surface area contributed by atoms with Crippen LogP contribution in [-0.2, 0) is 16.1 Å². The van der Waals surface area contributed by atoms with Gasteiger partial charge in [0.15, 0.2) is 5.82 Å². The van der Waals surface area contributed by atoms with Crippen LogP contribution in [0.3, 0.4) is 0 Å². The standard InChI is InChI=1S/C12H17N3O3/c16-11(9-2-1-5-17-7-9)13-6-10-14-12(18-15-10)8-3-4-8/h8-9H,1-7H2,(H,13,16). The first kappa shape index (κ1) is 11.6. The molecule has 1 aromatic heterocycles. The predicted octanol–water partition coefficient (Wildman–Crippen LogP) is 0.990. The van der Waals surface area contributed by atoms with E-state index in [4.69, 9.17) is 9.26 Å². The van der Waals surface area contributed by atoms with Crippen molar-refractivity contribution in [3.63, 3.8) is 0 Å². The molecule has 1 N–H and O–H groups in total. The van der Waals surface area contributed by atoms with Gasteiger partial charge in [0, 0.05) is 12.5 Å². The Kier molecular flexibility index (Phi) is 3.27. The molecule has 0 aromatic carbocycles. The lowest BCUT2D eigenvalue weighted by molar-refractivity contribution is -0.129. The number of ether oxygens (including phenoxy) is 1. The van der Waals surface area contributed by atoms with Crippen molar-refractivity contribution in [3.8, 4) is 0 Å². The van der Waals surface area contributed by atoms with Crippen LogP contribution in [0.2, 0.25) is 0 Å². The summed E-state index contributed by atoms with van der Waals surface area (Å²) in [6.07, 6.45) is 4.11. The van der Waals surface area contributed by atoms with Gasteiger partial charge in [-0.05, 0) is 25.7 Å². The number of carbonyl (C=O) groups is 1. The maximum absolute atomic E-state index is 11.8. The fourth-order valence-electron chi connectivity index (χ4n) is 2.09. The highest BCUT2D eigenvalue weighted by molar-refractivity contribution is 5.78. The van der Waals surface area contributed by atoms with Crippen molar-refractivity contribution in [2.45, 2.75) is 38.1 Å². The molecular formula is C12H17N3O3. The Morgan fingerprint density at radius 3 is 3.00 bits per heavy atom. The van der Waals surface area contributed by atoms with Crippen molar-refractivity contribution in [3.05, 3.63) is 11.7 Å². The average molecular weight is 251 g/mol. The minimum absolute atomic E-state index is 0.0208. The van der Waals surface area contributed by atoms with Gasteiger partial charge in [0.05, 0.1) is 19.1 Å². The topological polar surface area (TPSA) is 77.3 Å². The second-order valence-electron chi connectivity index (χ2n) is 4.95. The Hall–Kier alpha value is -1.43. The van der Waals surface area contributed by atoms with Gasteiger partial charge in [-0.15, -0.1) is 0 Å². The number of rotatable bonds is 4. The molecule has 2 aliphatic rings. The largest absolute Gasteiger partial charge is 0.381 e. The van der Waals surface area contributed by atoms with E-state index in [0.29, 0.717) is 30.8 Å². The summed E-state index contributed by atoms with van der Waals surface area (Å²) in [5, 5.41) is 6.70. The van der Waals surface area contributed by atoms with E-state index in [9.17, 15) is 4.79 Å². The molecule has 1 saturated heterocycles. The van der Waals surface area contributed by atoms with Crippen molar-refractivity contribution in [2.75, 3.05) is 13.2 Å². The van der Waals surface area contributed by atoms with Crippen molar-refractivity contribution in [1.29, 1.82) is 0 Å². The van der Waals surface area contributed by atoms with Gasteiger partial charge in [-0.2, -0.15) is 4.98 Å². The molecule has 0 bridgehead atoms. The Morgan fingerprint density at radius 2 is 2.28 bits per heavy atom. The summed E-state index contributed by atoms with van der Waals surface area (Å²) < 4.78 is 10.4. The van der Waals surface area contributed by atoms with Crippen LogP contribution in [0.1, 0.15) is 43.3 Å². The monoisotopic (exact) mass is 251 g/mol. The van der Waals surface area contributed by atoms with E-state index in [1.165, 1.54) is 0 Å². The van der Waals surface area contributed by atoms with Crippen LogP contribution in [0, 0.1) is 5.92 Å². The van der Waals surface area contributed by atoms with Gasteiger partial charge < -0.3 is 14.6 Å². The molecule has 0 radical (unpaired) electrons. The van der Waals surface area contributed by atoms with Gasteiger partial charge in [-0.1, -0.05) is 5.16 Å². The Bertz CT molecular complexity index is 422. The predicted molar refractivity (Wildman–Crippen MR) is 61.7 cm³/mol. The first-order chi connectivity index (χ1) is 8.83. The molecule has 6 nitrogen and oxygen atoms in total. The van der Waals surface area contributed by atoms with Gasteiger partial charge in [0.25, 0.3) is 0 Å². The molecule has 1 amide bonds. The summed E-state index contributed by atoms with van der Waals surface area (Å²) in [7, 11) is 0. The summed E-state index contributed by atoms with van der Waals surface area (Å²) in [4.78, 5) is 16.1. The van der Waals surface area contributed by atoms with Crippen molar-refractivity contribution in [2.24, 2.45) is 5.92 Å². The van der Waals surface area contributed by atoms with Gasteiger partial charge >= 0.3 is 0 Å². The zero-order chi connectivity index (χ0) is 12.4. The molecule has 1 aromatic rings. The third kappa shape index (κ3) is 2.69. The highest BCUT2D eigenvalue weighted by Gasteiger charge is 2.29. The molecule has 3 rings (SSSR count). The molecule has 1 aliphatic carbocycles. The first-order valence-electron chi connectivity index (χ1n) is 6.51. The van der Waals surface area contributed by atoms with Crippen molar-refractivity contribution in [1.82, 2.24) is 15.5 Å². The van der Waals surface area contributed by atoms with E-state index >= 15 is 0 Å². The van der Waals surface area contributed by atoms with Gasteiger partial charge in [0.2, 0.25) is 11.8 Å². The number of amides is 1. The lowest BCUT2D eigenvalue weighted by Gasteiger charge is -2.20. The number of hydrogen-bond donors (Lipinski definition) is 1. The smallest absolute Gasteiger partial charge is 0.229 e. The van der Waals surface area contributed by atoms with Crippen molar-refractivity contribution >= 4 is 5.91 Å². The number of nitrogens with zero attached hydrogens (tertiary/aromatic N) is 2. The van der Waals surface area contributed by atoms with E-state index in [0.717, 1.165) is 32.3 Å². The lowest BCUT2D eigenvalue weighted by atomic mass is 10.0. The molecule has 6 heteroatoms. The Balaban J connectivity index is 1.48. The van der Waals surface area contributed by atoms with Crippen LogP contribution in [0.5, 0.6) is 0 Å². The zero-order valence-corrected chi connectivity index (χ0v) is 10.2. The Morgan fingerprint density at radius 1 is 1.39 bits per heavy atom. The van der Waals surface area contributed by atoms with Crippen LogP contribution >= 0.6 is 0 Å². The first-order valence-corrected chi connectivity index (χ1v) is 6.51. The van der Waals surface area contributed by atoms with E-state index < -0.39 is 0 Å². The average Bonchev–Trinajstić information content (AvgIpc) is 3.16. The molecule has 1 unspecified atom stereocenters. The van der Waals surface area contributed by atoms with Crippen LogP contribution in [0.4, 0.5) is 0 Å². The molecular weight excluding hydrogens is 234 g/mol. The second kappa shape index (κ2) is 5.06. The minimum atomic E-state index is -0.0337. The Labute approximate surface area is 105 Å². The molecule has 98 valence electrons. The maximum atomic E-state index is 11.8. The zero-order valence-electron chi connectivity index (χ0n) is 10.2. The molecule has 2 heterocycles. The van der Waals surface area contributed by atoms with Gasteiger partial charge in [0.1, 0.15) is 0 Å². The highest BCUT2D eigenvalue weighted by atomic mass is 16.5. The van der Waals surface area contributed by atoms with E-state index in [2.05, 4.69) is 15.5 Å². The summed E-state index contributed by atoms with van der Waals surface area (Å²) >= 11 is 0. The third-order valence-corrected chi connectivity index (χ3v) is 3.36. The SMILES string of the molecule is O=C(NCc1noc(C2CC2)n1)C1CCCOC1. The fraction of sp³-hybridized carbons (Fsp3) is 0.750. The number of hydrogen-bond acceptors (Lipinski definition) is 5. The van der Waals surface area contributed by atoms with Gasteiger partial charge in [-0.25, -0.2) is 0 Å². The molecule has 1 aliphatic heterocycles. The van der Waals surface area contributed by atoms with E-state index in [1.54, 1.807) is 0 Å². The lowest BCUT2D eigenvalue weighted by Crippen LogP contribution is -2.35. The van der Waals surface area contributed by atoms with Crippen LogP contribution in [0.15, 0.2) is 4.52 Å². The third-order valence-electron chi connectivity index (χ3n) is 3.36. The summed E-state index contributed by atoms with van der Waals surface area (Å²) in [5.41, 5.74) is 0. The summed E-state index contributed by atoms with van der Waals surface area (Å²) in [6, 6.07) is 0. The molecule has 1 atom stereocenters. The minimum Gasteiger partial charge on any atom is -0.381 e. The summed E-state index contributed by atoms with van der Waals surface area (Å²) in [6.45, 7) is 1.62. The quantitative estimate of drug-likeness (QED) is 0.863. The molecule has 0 spiro atoms. The van der Waals surface area contributed by atoms with Crippen LogP contribution in [0.25, 0.3) is 0 Å². The maximum Gasteiger partial charge on any atom is 0.229 e. The molecule has 18 heavy (non-hydrogen) atoms. The van der Waals surface area contributed by atoms with Crippen LogP contribution < -0.4 is 5.32 Å². The number of aromatic nitrogens is 2. The van der Waals surface area contributed by atoms with E-state index in [-0.39, 0.29) is 11.8 Å². The van der Waals surface area contributed by atoms with Crippen molar-refractivity contribution < 1.29 is 14.1 Å². The second-order valence-corrected chi connectivity index (χ2v) is 4.95. The number of carbonyl (C=O) groups excluding carboxylic acids is 1. The van der Waals surface area contributed by atoms with Gasteiger partial charge in [-0.3, -0.25) is 4.79 Å². The fourth-order valence-corrected chi connectivity index (χ4v) is 2.09.